The topological polar surface area (TPSA) is 125 Å². The van der Waals surface area contributed by atoms with Gasteiger partial charge in [0, 0.05) is 0 Å². The van der Waals surface area contributed by atoms with Gasteiger partial charge in [0.25, 0.3) is 5.91 Å². The summed E-state index contributed by atoms with van der Waals surface area (Å²) in [5.41, 5.74) is -0.184. The average Bonchev–Trinajstić information content (AvgIpc) is 2.58. The van der Waals surface area contributed by atoms with Gasteiger partial charge in [-0.25, -0.2) is 8.42 Å². The minimum atomic E-state index is -3.85. The second-order valence-electron chi connectivity index (χ2n) is 6.32. The number of esters is 1. The first-order valence-electron chi connectivity index (χ1n) is 7.94. The quantitative estimate of drug-likeness (QED) is 0.644. The van der Waals surface area contributed by atoms with Crippen molar-refractivity contribution >= 4 is 21.9 Å². The lowest BCUT2D eigenvalue weighted by Gasteiger charge is -2.27. The molecule has 0 aromatic heterocycles. The van der Waals surface area contributed by atoms with E-state index >= 15 is 0 Å². The fraction of sp³-hybridized carbons (Fsp3) is 0.471. The van der Waals surface area contributed by atoms with Gasteiger partial charge in [-0.3, -0.25) is 9.59 Å². The summed E-state index contributed by atoms with van der Waals surface area (Å²) >= 11 is 0. The molecule has 9 heteroatoms. The molecular formula is C17H23N3O5S. The Kier molecular flexibility index (Phi) is 7.29. The first kappa shape index (κ1) is 21.6. The molecule has 142 valence electrons. The van der Waals surface area contributed by atoms with E-state index in [2.05, 4.69) is 10.0 Å². The normalized spacial score (nSPS) is 13.5. The van der Waals surface area contributed by atoms with Crippen molar-refractivity contribution in [2.45, 2.75) is 38.1 Å². The third-order valence-electron chi connectivity index (χ3n) is 3.89. The Morgan fingerprint density at radius 3 is 2.35 bits per heavy atom. The number of carbonyl (C=O) groups excluding carboxylic acids is 2. The average molecular weight is 381 g/mol. The van der Waals surface area contributed by atoms with Crippen molar-refractivity contribution < 1.29 is 22.7 Å². The molecule has 0 aliphatic carbocycles. The maximum Gasteiger partial charge on any atom is 0.321 e. The summed E-state index contributed by atoms with van der Waals surface area (Å²) in [4.78, 5) is 23.5. The van der Waals surface area contributed by atoms with Crippen LogP contribution in [0.5, 0.6) is 0 Å². The lowest BCUT2D eigenvalue weighted by molar-refractivity contribution is -0.147. The Morgan fingerprint density at radius 2 is 1.85 bits per heavy atom. The molecule has 1 atom stereocenters. The Morgan fingerprint density at radius 1 is 1.27 bits per heavy atom. The fourth-order valence-electron chi connectivity index (χ4n) is 1.78. The molecular weight excluding hydrogens is 358 g/mol. The number of aryl methyl sites for hydroxylation is 1. The first-order chi connectivity index (χ1) is 12.0. The zero-order valence-electron chi connectivity index (χ0n) is 15.2. The van der Waals surface area contributed by atoms with Crippen LogP contribution in [0.4, 0.5) is 0 Å². The van der Waals surface area contributed by atoms with Crippen LogP contribution in [0.1, 0.15) is 26.3 Å². The van der Waals surface area contributed by atoms with Gasteiger partial charge in [0.1, 0.15) is 12.1 Å². The van der Waals surface area contributed by atoms with Crippen LogP contribution in [0.15, 0.2) is 29.2 Å². The highest BCUT2D eigenvalue weighted by atomic mass is 32.2. The molecule has 1 amide bonds. The summed E-state index contributed by atoms with van der Waals surface area (Å²) in [6.07, 6.45) is 0. The third kappa shape index (κ3) is 6.13. The van der Waals surface area contributed by atoms with Crippen LogP contribution in [0, 0.1) is 24.2 Å². The monoisotopic (exact) mass is 381 g/mol. The third-order valence-corrected chi connectivity index (χ3v) is 5.31. The number of benzene rings is 1. The molecule has 2 N–H and O–H groups in total. The minimum absolute atomic E-state index is 0.0235. The standard InChI is InChI=1S/C17H23N3O5S/c1-12(2)17(4,11-18)20-15(21)10-25-16(22)9-19-26(23,24)14-7-5-13(3)6-8-14/h5-8,12,19H,9-10H2,1-4H3,(H,20,21)/t17-/m0/s1. The second kappa shape index (κ2) is 8.78. The van der Waals surface area contributed by atoms with Crippen LogP contribution in [-0.2, 0) is 24.3 Å². The van der Waals surface area contributed by atoms with Crippen molar-refractivity contribution in [3.05, 3.63) is 29.8 Å². The van der Waals surface area contributed by atoms with Gasteiger partial charge in [-0.15, -0.1) is 0 Å². The van der Waals surface area contributed by atoms with Gasteiger partial charge in [0.05, 0.1) is 11.0 Å². The molecule has 0 spiro atoms. The highest BCUT2D eigenvalue weighted by Gasteiger charge is 2.30. The predicted octanol–water partition coefficient (Wildman–Crippen LogP) is 0.871. The lowest BCUT2D eigenvalue weighted by Crippen LogP contribution is -2.50. The highest BCUT2D eigenvalue weighted by Crippen LogP contribution is 2.14. The number of nitrogens with zero attached hydrogens (tertiary/aromatic N) is 1. The van der Waals surface area contributed by atoms with E-state index in [9.17, 15) is 18.0 Å². The molecule has 1 aromatic rings. The SMILES string of the molecule is Cc1ccc(S(=O)(=O)NCC(=O)OCC(=O)N[C@@](C)(C#N)C(C)C)cc1. The molecule has 0 saturated heterocycles. The smallest absolute Gasteiger partial charge is 0.321 e. The number of ether oxygens (including phenoxy) is 1. The largest absolute Gasteiger partial charge is 0.455 e. The number of rotatable bonds is 8. The molecule has 0 unspecified atom stereocenters. The number of amides is 1. The van der Waals surface area contributed by atoms with Gasteiger partial charge >= 0.3 is 5.97 Å². The minimum Gasteiger partial charge on any atom is -0.455 e. The lowest BCUT2D eigenvalue weighted by atomic mass is 9.90. The number of hydrogen-bond donors (Lipinski definition) is 2. The molecule has 1 rings (SSSR count). The van der Waals surface area contributed by atoms with Gasteiger partial charge in [-0.05, 0) is 31.9 Å². The molecule has 1 aromatic carbocycles. The Hall–Kier alpha value is -2.44. The molecule has 0 bridgehead atoms. The summed E-state index contributed by atoms with van der Waals surface area (Å²) in [6.45, 7) is 5.72. The van der Waals surface area contributed by atoms with Gasteiger partial charge in [0.15, 0.2) is 6.61 Å². The van der Waals surface area contributed by atoms with Crippen LogP contribution in [0.2, 0.25) is 0 Å². The Labute approximate surface area is 153 Å². The van der Waals surface area contributed by atoms with E-state index in [1.165, 1.54) is 12.1 Å². The van der Waals surface area contributed by atoms with Crippen molar-refractivity contribution in [2.24, 2.45) is 5.92 Å². The number of carbonyl (C=O) groups is 2. The number of nitrogens with one attached hydrogen (secondary N) is 2. The van der Waals surface area contributed by atoms with E-state index in [4.69, 9.17) is 10.00 Å². The van der Waals surface area contributed by atoms with Crippen molar-refractivity contribution in [2.75, 3.05) is 13.2 Å². The molecule has 26 heavy (non-hydrogen) atoms. The van der Waals surface area contributed by atoms with Crippen molar-refractivity contribution in [1.82, 2.24) is 10.0 Å². The highest BCUT2D eigenvalue weighted by molar-refractivity contribution is 7.89. The molecule has 0 saturated carbocycles. The van der Waals surface area contributed by atoms with Gasteiger partial charge in [0.2, 0.25) is 10.0 Å². The Balaban J connectivity index is 2.51. The zero-order valence-corrected chi connectivity index (χ0v) is 16.0. The molecule has 0 heterocycles. The van der Waals surface area contributed by atoms with Crippen LogP contribution >= 0.6 is 0 Å². The van der Waals surface area contributed by atoms with Gasteiger partial charge in [-0.1, -0.05) is 31.5 Å². The maximum absolute atomic E-state index is 12.1. The number of nitriles is 1. The number of sulfonamides is 1. The van der Waals surface area contributed by atoms with E-state index < -0.39 is 40.6 Å². The van der Waals surface area contributed by atoms with E-state index in [0.717, 1.165) is 5.56 Å². The molecule has 0 aliphatic rings. The van der Waals surface area contributed by atoms with E-state index in [1.807, 2.05) is 13.0 Å². The van der Waals surface area contributed by atoms with Crippen molar-refractivity contribution in [3.8, 4) is 6.07 Å². The number of hydrogen-bond acceptors (Lipinski definition) is 6. The van der Waals surface area contributed by atoms with Gasteiger partial charge in [-0.2, -0.15) is 9.98 Å². The fourth-order valence-corrected chi connectivity index (χ4v) is 2.75. The van der Waals surface area contributed by atoms with Gasteiger partial charge < -0.3 is 10.1 Å². The van der Waals surface area contributed by atoms with Crippen molar-refractivity contribution in [3.63, 3.8) is 0 Å². The zero-order chi connectivity index (χ0) is 20.0. The molecule has 0 radical (unpaired) electrons. The predicted molar refractivity (Wildman–Crippen MR) is 94.3 cm³/mol. The molecule has 0 aliphatic heterocycles. The van der Waals surface area contributed by atoms with Crippen molar-refractivity contribution in [1.29, 1.82) is 5.26 Å². The van der Waals surface area contributed by atoms with E-state index in [-0.39, 0.29) is 10.8 Å². The maximum atomic E-state index is 12.1. The molecule has 8 nitrogen and oxygen atoms in total. The molecule has 0 fully saturated rings. The summed E-state index contributed by atoms with van der Waals surface area (Å²) in [5.74, 6) is -1.69. The van der Waals surface area contributed by atoms with Crippen LogP contribution in [0.25, 0.3) is 0 Å². The van der Waals surface area contributed by atoms with Crippen LogP contribution in [-0.4, -0.2) is 39.0 Å². The summed E-state index contributed by atoms with van der Waals surface area (Å²) in [5, 5.41) is 11.6. The Bertz CT molecular complexity index is 797. The summed E-state index contributed by atoms with van der Waals surface area (Å²) in [7, 11) is -3.85. The second-order valence-corrected chi connectivity index (χ2v) is 8.08. The van der Waals surface area contributed by atoms with E-state index in [1.54, 1.807) is 32.9 Å². The summed E-state index contributed by atoms with van der Waals surface area (Å²) < 4.78 is 31.0. The van der Waals surface area contributed by atoms with E-state index in [0.29, 0.717) is 0 Å². The summed E-state index contributed by atoms with van der Waals surface area (Å²) in [6, 6.07) is 8.12. The van der Waals surface area contributed by atoms with Crippen LogP contribution in [0.3, 0.4) is 0 Å². The first-order valence-corrected chi connectivity index (χ1v) is 9.42. The van der Waals surface area contributed by atoms with Crippen LogP contribution < -0.4 is 10.0 Å².